The first kappa shape index (κ1) is 15.8. The van der Waals surface area contributed by atoms with E-state index in [2.05, 4.69) is 42.5 Å². The number of benzene rings is 1. The molecule has 7 heteroatoms. The summed E-state index contributed by atoms with van der Waals surface area (Å²) in [7, 11) is 0. The fourth-order valence-electron chi connectivity index (χ4n) is 1.65. The minimum atomic E-state index is -0.441. The van der Waals surface area contributed by atoms with Crippen molar-refractivity contribution in [3.05, 3.63) is 50.8 Å². The molecule has 0 saturated heterocycles. The third kappa shape index (κ3) is 4.44. The predicted octanol–water partition coefficient (Wildman–Crippen LogP) is 3.48. The lowest BCUT2D eigenvalue weighted by atomic mass is 10.2. The average molecular weight is 416 g/mol. The summed E-state index contributed by atoms with van der Waals surface area (Å²) in [6, 6.07) is 8.66. The number of furan rings is 1. The zero-order chi connectivity index (χ0) is 15.4. The number of aryl methyl sites for hydroxylation is 1. The number of carbonyl (C=O) groups excluding carboxylic acids is 2. The summed E-state index contributed by atoms with van der Waals surface area (Å²) >= 11 is 6.46. The van der Waals surface area contributed by atoms with E-state index in [1.807, 2.05) is 19.1 Å². The number of halogens is 2. The van der Waals surface area contributed by atoms with Crippen LogP contribution in [0.4, 0.5) is 5.69 Å². The largest absolute Gasteiger partial charge is 0.444 e. The lowest BCUT2D eigenvalue weighted by molar-refractivity contribution is -0.115. The van der Waals surface area contributed by atoms with Crippen LogP contribution in [0.15, 0.2) is 43.9 Å². The maximum atomic E-state index is 11.8. The second kappa shape index (κ2) is 6.91. The van der Waals surface area contributed by atoms with Gasteiger partial charge in [0.25, 0.3) is 5.91 Å². The molecule has 0 aliphatic carbocycles. The second-order valence-electron chi connectivity index (χ2n) is 4.29. The van der Waals surface area contributed by atoms with Crippen LogP contribution in [0.2, 0.25) is 0 Å². The molecule has 1 heterocycles. The van der Waals surface area contributed by atoms with Gasteiger partial charge in [0.15, 0.2) is 10.4 Å². The highest BCUT2D eigenvalue weighted by atomic mass is 79.9. The molecule has 0 saturated carbocycles. The molecule has 0 bridgehead atoms. The predicted molar refractivity (Wildman–Crippen MR) is 86.2 cm³/mol. The number of rotatable bonds is 4. The zero-order valence-corrected chi connectivity index (χ0v) is 14.2. The summed E-state index contributed by atoms with van der Waals surface area (Å²) in [5.74, 6) is -0.600. The monoisotopic (exact) mass is 414 g/mol. The maximum absolute atomic E-state index is 11.8. The molecule has 0 atom stereocenters. The first-order valence-electron chi connectivity index (χ1n) is 6.05. The van der Waals surface area contributed by atoms with Crippen LogP contribution in [-0.4, -0.2) is 18.4 Å². The van der Waals surface area contributed by atoms with Crippen molar-refractivity contribution in [3.63, 3.8) is 0 Å². The van der Waals surface area contributed by atoms with Crippen molar-refractivity contribution in [2.75, 3.05) is 11.9 Å². The van der Waals surface area contributed by atoms with E-state index in [1.165, 1.54) is 6.07 Å². The molecular weight excluding hydrogens is 404 g/mol. The minimum Gasteiger partial charge on any atom is -0.444 e. The number of anilines is 1. The molecule has 1 aromatic heterocycles. The summed E-state index contributed by atoms with van der Waals surface area (Å²) in [4.78, 5) is 23.5. The summed E-state index contributed by atoms with van der Waals surface area (Å²) in [5.41, 5.74) is 1.64. The molecule has 0 unspecified atom stereocenters. The number of carbonyl (C=O) groups is 2. The van der Waals surface area contributed by atoms with E-state index in [4.69, 9.17) is 4.42 Å². The van der Waals surface area contributed by atoms with Gasteiger partial charge < -0.3 is 15.1 Å². The van der Waals surface area contributed by atoms with Crippen LogP contribution in [0.1, 0.15) is 16.1 Å². The highest BCUT2D eigenvalue weighted by Crippen LogP contribution is 2.19. The van der Waals surface area contributed by atoms with Crippen LogP contribution in [-0.2, 0) is 4.79 Å². The van der Waals surface area contributed by atoms with Gasteiger partial charge in [0.2, 0.25) is 5.91 Å². The van der Waals surface area contributed by atoms with Gasteiger partial charge in [-0.2, -0.15) is 0 Å². The molecule has 2 aromatic rings. The highest BCUT2D eigenvalue weighted by molar-refractivity contribution is 9.10. The van der Waals surface area contributed by atoms with Crippen LogP contribution >= 0.6 is 31.9 Å². The molecule has 0 fully saturated rings. The number of amides is 2. The van der Waals surface area contributed by atoms with Gasteiger partial charge in [-0.25, -0.2) is 0 Å². The third-order valence-corrected chi connectivity index (χ3v) is 3.59. The third-order valence-electron chi connectivity index (χ3n) is 2.67. The molecule has 21 heavy (non-hydrogen) atoms. The van der Waals surface area contributed by atoms with Crippen molar-refractivity contribution < 1.29 is 14.0 Å². The van der Waals surface area contributed by atoms with Gasteiger partial charge in [0.1, 0.15) is 0 Å². The number of hydrogen-bond donors (Lipinski definition) is 2. The standard InChI is InChI=1S/C14H12Br2N2O3/c1-8-6-9(15)2-3-10(8)18-13(19)7-17-14(20)11-4-5-12(16)21-11/h2-6H,7H2,1H3,(H,17,20)(H,18,19). The first-order valence-corrected chi connectivity index (χ1v) is 7.64. The molecule has 2 N–H and O–H groups in total. The van der Waals surface area contributed by atoms with E-state index in [0.29, 0.717) is 10.4 Å². The van der Waals surface area contributed by atoms with Crippen molar-refractivity contribution >= 4 is 49.4 Å². The summed E-state index contributed by atoms with van der Waals surface area (Å²) < 4.78 is 6.50. The van der Waals surface area contributed by atoms with E-state index in [0.717, 1.165) is 10.0 Å². The van der Waals surface area contributed by atoms with Crippen molar-refractivity contribution in [2.24, 2.45) is 0 Å². The molecule has 0 aliphatic heterocycles. The molecule has 0 radical (unpaired) electrons. The Morgan fingerprint density at radius 3 is 2.57 bits per heavy atom. The van der Waals surface area contributed by atoms with E-state index < -0.39 is 5.91 Å². The second-order valence-corrected chi connectivity index (χ2v) is 5.99. The van der Waals surface area contributed by atoms with Gasteiger partial charge in [-0.05, 0) is 58.7 Å². The average Bonchev–Trinajstić information content (AvgIpc) is 2.86. The molecule has 2 rings (SSSR count). The lowest BCUT2D eigenvalue weighted by Gasteiger charge is -2.09. The zero-order valence-electron chi connectivity index (χ0n) is 11.1. The molecular formula is C14H12Br2N2O3. The van der Waals surface area contributed by atoms with E-state index in [-0.39, 0.29) is 18.2 Å². The van der Waals surface area contributed by atoms with Gasteiger partial charge in [-0.3, -0.25) is 9.59 Å². The number of nitrogens with one attached hydrogen (secondary N) is 2. The van der Waals surface area contributed by atoms with Gasteiger partial charge in [0, 0.05) is 10.2 Å². The Kier molecular flexibility index (Phi) is 5.19. The highest BCUT2D eigenvalue weighted by Gasteiger charge is 2.12. The van der Waals surface area contributed by atoms with Gasteiger partial charge >= 0.3 is 0 Å². The van der Waals surface area contributed by atoms with Gasteiger partial charge in [-0.1, -0.05) is 15.9 Å². The van der Waals surface area contributed by atoms with Crippen LogP contribution in [0.5, 0.6) is 0 Å². The van der Waals surface area contributed by atoms with Crippen LogP contribution in [0.3, 0.4) is 0 Å². The van der Waals surface area contributed by atoms with Crippen molar-refractivity contribution in [1.29, 1.82) is 0 Å². The van der Waals surface area contributed by atoms with E-state index in [1.54, 1.807) is 12.1 Å². The lowest BCUT2D eigenvalue weighted by Crippen LogP contribution is -2.32. The Labute approximate surface area is 138 Å². The SMILES string of the molecule is Cc1cc(Br)ccc1NC(=O)CNC(=O)c1ccc(Br)o1. The molecule has 1 aromatic carbocycles. The Hall–Kier alpha value is -1.60. The van der Waals surface area contributed by atoms with Gasteiger partial charge in [-0.15, -0.1) is 0 Å². The smallest absolute Gasteiger partial charge is 0.287 e. The van der Waals surface area contributed by atoms with Crippen molar-refractivity contribution in [2.45, 2.75) is 6.92 Å². The quantitative estimate of drug-likeness (QED) is 0.802. The summed E-state index contributed by atoms with van der Waals surface area (Å²) in [5, 5.41) is 5.22. The summed E-state index contributed by atoms with van der Waals surface area (Å²) in [6.45, 7) is 1.76. The fraction of sp³-hybridized carbons (Fsp3) is 0.143. The maximum Gasteiger partial charge on any atom is 0.287 e. The molecule has 110 valence electrons. The summed E-state index contributed by atoms with van der Waals surface area (Å²) in [6.07, 6.45) is 0. The van der Waals surface area contributed by atoms with Crippen LogP contribution in [0.25, 0.3) is 0 Å². The Bertz CT molecular complexity index is 683. The Morgan fingerprint density at radius 1 is 1.19 bits per heavy atom. The van der Waals surface area contributed by atoms with E-state index >= 15 is 0 Å². The first-order chi connectivity index (χ1) is 9.95. The molecule has 5 nitrogen and oxygen atoms in total. The Balaban J connectivity index is 1.89. The molecule has 0 aliphatic rings. The van der Waals surface area contributed by atoms with Crippen molar-refractivity contribution in [1.82, 2.24) is 5.32 Å². The van der Waals surface area contributed by atoms with E-state index in [9.17, 15) is 9.59 Å². The minimum absolute atomic E-state index is 0.132. The van der Waals surface area contributed by atoms with Crippen molar-refractivity contribution in [3.8, 4) is 0 Å². The Morgan fingerprint density at radius 2 is 1.95 bits per heavy atom. The number of hydrogen-bond acceptors (Lipinski definition) is 3. The van der Waals surface area contributed by atoms with Gasteiger partial charge in [0.05, 0.1) is 6.54 Å². The fourth-order valence-corrected chi connectivity index (χ4v) is 2.43. The normalized spacial score (nSPS) is 10.2. The topological polar surface area (TPSA) is 71.3 Å². The molecule has 0 spiro atoms. The van der Waals surface area contributed by atoms with Crippen LogP contribution in [0, 0.1) is 6.92 Å². The molecule has 2 amide bonds. The van der Waals surface area contributed by atoms with Crippen LogP contribution < -0.4 is 10.6 Å².